The molecule has 6 heteroatoms. The average molecular weight is 270 g/mol. The molecule has 17 heavy (non-hydrogen) atoms. The minimum Gasteiger partial charge on any atom is -0.265 e. The van der Waals surface area contributed by atoms with Gasteiger partial charge in [-0.05, 0) is 32.0 Å². The lowest BCUT2D eigenvalue weighted by Crippen LogP contribution is -2.17. The van der Waals surface area contributed by atoms with Crippen molar-refractivity contribution in [1.82, 2.24) is 14.8 Å². The van der Waals surface area contributed by atoms with E-state index in [4.69, 9.17) is 23.2 Å². The van der Waals surface area contributed by atoms with E-state index in [0.717, 1.165) is 11.4 Å². The second-order valence-electron chi connectivity index (χ2n) is 3.61. The van der Waals surface area contributed by atoms with E-state index >= 15 is 0 Å². The average Bonchev–Trinajstić information content (AvgIpc) is 2.60. The van der Waals surface area contributed by atoms with E-state index in [1.54, 1.807) is 13.0 Å². The molecule has 0 fully saturated rings. The summed E-state index contributed by atoms with van der Waals surface area (Å²) in [5, 5.41) is 4.56. The summed E-state index contributed by atoms with van der Waals surface area (Å²) < 4.78 is 1.26. The quantitative estimate of drug-likeness (QED) is 0.748. The van der Waals surface area contributed by atoms with Crippen molar-refractivity contribution in [3.05, 3.63) is 45.5 Å². The fraction of sp³-hybridized carbons (Fsp3) is 0.182. The highest BCUT2D eigenvalue weighted by atomic mass is 35.5. The molecule has 2 rings (SSSR count). The first-order valence-electron chi connectivity index (χ1n) is 4.89. The third-order valence-corrected chi connectivity index (χ3v) is 2.73. The van der Waals surface area contributed by atoms with Crippen LogP contribution in [0.5, 0.6) is 0 Å². The fourth-order valence-corrected chi connectivity index (χ4v) is 1.84. The maximum Gasteiger partial charge on any atom is 0.298 e. The van der Waals surface area contributed by atoms with Gasteiger partial charge in [-0.15, -0.1) is 0 Å². The largest absolute Gasteiger partial charge is 0.298 e. The first kappa shape index (κ1) is 12.1. The van der Waals surface area contributed by atoms with Crippen LogP contribution in [0.15, 0.2) is 18.2 Å². The Hall–Kier alpha value is -1.39. The molecule has 0 radical (unpaired) electrons. The molecule has 0 bridgehead atoms. The summed E-state index contributed by atoms with van der Waals surface area (Å²) >= 11 is 11.7. The predicted molar refractivity (Wildman–Crippen MR) is 65.7 cm³/mol. The van der Waals surface area contributed by atoms with Crippen LogP contribution in [0.25, 0.3) is 0 Å². The van der Waals surface area contributed by atoms with Crippen LogP contribution in [0.4, 0.5) is 0 Å². The zero-order valence-electron chi connectivity index (χ0n) is 9.24. The molecule has 4 nitrogen and oxygen atoms in total. The van der Waals surface area contributed by atoms with Gasteiger partial charge in [0.05, 0.1) is 10.7 Å². The van der Waals surface area contributed by atoms with Gasteiger partial charge < -0.3 is 0 Å². The van der Waals surface area contributed by atoms with Crippen LogP contribution in [0.2, 0.25) is 10.2 Å². The molecule has 0 aliphatic carbocycles. The van der Waals surface area contributed by atoms with E-state index in [9.17, 15) is 4.79 Å². The summed E-state index contributed by atoms with van der Waals surface area (Å²) in [6, 6.07) is 4.87. The minimum absolute atomic E-state index is 0.102. The van der Waals surface area contributed by atoms with E-state index < -0.39 is 0 Å². The van der Waals surface area contributed by atoms with Crippen LogP contribution in [0, 0.1) is 13.8 Å². The molecule has 0 aliphatic heterocycles. The molecule has 0 aliphatic rings. The summed E-state index contributed by atoms with van der Waals surface area (Å²) in [6.45, 7) is 3.60. The smallest absolute Gasteiger partial charge is 0.265 e. The van der Waals surface area contributed by atoms with Crippen molar-refractivity contribution >= 4 is 29.1 Å². The third-order valence-electron chi connectivity index (χ3n) is 2.22. The summed E-state index contributed by atoms with van der Waals surface area (Å²) in [4.78, 5) is 16.1. The Bertz CT molecular complexity index is 592. The van der Waals surface area contributed by atoms with Gasteiger partial charge in [0, 0.05) is 5.69 Å². The Morgan fingerprint density at radius 2 is 2.00 bits per heavy atom. The Morgan fingerprint density at radius 3 is 2.59 bits per heavy atom. The summed E-state index contributed by atoms with van der Waals surface area (Å²) in [7, 11) is 0. The predicted octanol–water partition coefficient (Wildman–Crippen LogP) is 2.89. The summed E-state index contributed by atoms with van der Waals surface area (Å²) in [5.41, 5.74) is 1.59. The Labute approximate surface area is 108 Å². The zero-order chi connectivity index (χ0) is 12.6. The van der Waals surface area contributed by atoms with Crippen molar-refractivity contribution in [2.45, 2.75) is 13.8 Å². The Kier molecular flexibility index (Phi) is 3.17. The van der Waals surface area contributed by atoms with Crippen LogP contribution in [0.1, 0.15) is 21.9 Å². The number of carbonyl (C=O) groups excluding carboxylic acids is 1. The van der Waals surface area contributed by atoms with Crippen LogP contribution in [-0.2, 0) is 0 Å². The van der Waals surface area contributed by atoms with Crippen molar-refractivity contribution in [2.24, 2.45) is 0 Å². The fourth-order valence-electron chi connectivity index (χ4n) is 1.50. The number of aromatic nitrogens is 3. The highest BCUT2D eigenvalue weighted by Gasteiger charge is 2.17. The van der Waals surface area contributed by atoms with E-state index in [1.807, 2.05) is 6.92 Å². The van der Waals surface area contributed by atoms with Gasteiger partial charge in [0.25, 0.3) is 5.91 Å². The second kappa shape index (κ2) is 4.47. The number of halogens is 2. The monoisotopic (exact) mass is 269 g/mol. The number of nitrogens with zero attached hydrogens (tertiary/aromatic N) is 3. The van der Waals surface area contributed by atoms with Gasteiger partial charge in [-0.25, -0.2) is 4.98 Å². The molecule has 0 aromatic carbocycles. The van der Waals surface area contributed by atoms with Gasteiger partial charge in [0.15, 0.2) is 5.69 Å². The van der Waals surface area contributed by atoms with Gasteiger partial charge in [-0.1, -0.05) is 23.2 Å². The molecule has 0 amide bonds. The lowest BCUT2D eigenvalue weighted by Gasteiger charge is -2.04. The minimum atomic E-state index is -0.386. The summed E-state index contributed by atoms with van der Waals surface area (Å²) in [5.74, 6) is -0.386. The van der Waals surface area contributed by atoms with Crippen molar-refractivity contribution in [1.29, 1.82) is 0 Å². The van der Waals surface area contributed by atoms with Crippen LogP contribution in [-0.4, -0.2) is 20.7 Å². The highest BCUT2D eigenvalue weighted by molar-refractivity contribution is 6.34. The van der Waals surface area contributed by atoms with Gasteiger partial charge in [0.1, 0.15) is 5.15 Å². The maximum atomic E-state index is 12.1. The number of rotatable bonds is 1. The lowest BCUT2D eigenvalue weighted by molar-refractivity contribution is 0.0937. The van der Waals surface area contributed by atoms with Gasteiger partial charge in [0.2, 0.25) is 0 Å². The van der Waals surface area contributed by atoms with Gasteiger partial charge in [-0.3, -0.25) is 4.79 Å². The van der Waals surface area contributed by atoms with E-state index in [2.05, 4.69) is 10.1 Å². The number of aryl methyl sites for hydroxylation is 2. The molecule has 2 aromatic rings. The normalized spacial score (nSPS) is 10.6. The number of pyridine rings is 1. The molecule has 2 heterocycles. The number of hydrogen-bond acceptors (Lipinski definition) is 3. The first-order valence-corrected chi connectivity index (χ1v) is 5.64. The molecular weight excluding hydrogens is 261 g/mol. The van der Waals surface area contributed by atoms with Crippen molar-refractivity contribution in [2.75, 3.05) is 0 Å². The van der Waals surface area contributed by atoms with E-state index in [1.165, 1.54) is 16.8 Å². The topological polar surface area (TPSA) is 47.8 Å². The molecule has 0 atom stereocenters. The highest BCUT2D eigenvalue weighted by Crippen LogP contribution is 2.18. The Balaban J connectivity index is 2.50. The van der Waals surface area contributed by atoms with Crippen LogP contribution >= 0.6 is 23.2 Å². The van der Waals surface area contributed by atoms with E-state index in [0.29, 0.717) is 0 Å². The molecule has 0 spiro atoms. The molecular formula is C11H9Cl2N3O. The van der Waals surface area contributed by atoms with Crippen LogP contribution in [0.3, 0.4) is 0 Å². The van der Waals surface area contributed by atoms with Gasteiger partial charge in [-0.2, -0.15) is 9.78 Å². The number of carbonyl (C=O) groups is 1. The summed E-state index contributed by atoms with van der Waals surface area (Å²) in [6.07, 6.45) is 0. The Morgan fingerprint density at radius 1 is 1.29 bits per heavy atom. The van der Waals surface area contributed by atoms with Crippen molar-refractivity contribution in [3.63, 3.8) is 0 Å². The SMILES string of the molecule is Cc1cc(C)n(C(=O)c2nc(Cl)ccc2Cl)n1. The molecule has 88 valence electrons. The lowest BCUT2D eigenvalue weighted by atomic mass is 10.3. The zero-order valence-corrected chi connectivity index (χ0v) is 10.7. The second-order valence-corrected chi connectivity index (χ2v) is 4.40. The molecule has 0 N–H and O–H groups in total. The third kappa shape index (κ3) is 2.33. The van der Waals surface area contributed by atoms with Gasteiger partial charge >= 0.3 is 0 Å². The van der Waals surface area contributed by atoms with Crippen molar-refractivity contribution in [3.8, 4) is 0 Å². The molecule has 0 unspecified atom stereocenters. The maximum absolute atomic E-state index is 12.1. The molecule has 2 aromatic heterocycles. The van der Waals surface area contributed by atoms with Crippen molar-refractivity contribution < 1.29 is 4.79 Å². The van der Waals surface area contributed by atoms with E-state index in [-0.39, 0.29) is 21.8 Å². The first-order chi connectivity index (χ1) is 7.99. The van der Waals surface area contributed by atoms with Crippen LogP contribution < -0.4 is 0 Å². The molecule has 0 saturated heterocycles. The standard InChI is InChI=1S/C11H9Cl2N3O/c1-6-5-7(2)16(15-6)11(17)10-8(12)3-4-9(13)14-10/h3-5H,1-2H3. The molecule has 0 saturated carbocycles. The number of hydrogen-bond donors (Lipinski definition) is 0.